The maximum absolute atomic E-state index is 12.9. The van der Waals surface area contributed by atoms with Gasteiger partial charge in [-0.05, 0) is 105 Å². The van der Waals surface area contributed by atoms with Crippen LogP contribution in [0.15, 0.2) is 98.4 Å². The highest BCUT2D eigenvalue weighted by Gasteiger charge is 2.39. The minimum absolute atomic E-state index is 0.180. The van der Waals surface area contributed by atoms with Crippen LogP contribution in [-0.2, 0) is 19.8 Å². The normalized spacial score (nSPS) is 13.1. The molecule has 0 saturated carbocycles. The highest BCUT2D eigenvalue weighted by atomic mass is 32.2. The quantitative estimate of drug-likeness (QED) is 0.0565. The number of hydrogen-bond acceptors (Lipinski definition) is 8. The van der Waals surface area contributed by atoms with E-state index >= 15 is 0 Å². The fraction of sp³-hybridized carbons (Fsp3) is 0.468. The molecule has 0 saturated heterocycles. The first-order valence-electron chi connectivity index (χ1n) is 21.8. The lowest BCUT2D eigenvalue weighted by molar-refractivity contribution is 0.0708. The van der Waals surface area contributed by atoms with Crippen LogP contribution in [0, 0.1) is 0 Å². The van der Waals surface area contributed by atoms with E-state index in [-0.39, 0.29) is 6.03 Å². The first-order valence-corrected chi connectivity index (χ1v) is 25.3. The van der Waals surface area contributed by atoms with Crippen molar-refractivity contribution in [2.24, 2.45) is 0 Å². The lowest BCUT2D eigenvalue weighted by Crippen LogP contribution is -2.46. The zero-order valence-corrected chi connectivity index (χ0v) is 38.0. The Balaban J connectivity index is 1.16. The van der Waals surface area contributed by atoms with Gasteiger partial charge in [0.05, 0.1) is 22.7 Å². The second-order valence-electron chi connectivity index (χ2n) is 15.0. The molecule has 58 heavy (non-hydrogen) atoms. The Labute approximate surface area is 357 Å². The van der Waals surface area contributed by atoms with Gasteiger partial charge in [-0.3, -0.25) is 0 Å². The number of hydrogen-bond donors (Lipinski definition) is 2. The van der Waals surface area contributed by atoms with Gasteiger partial charge in [0.1, 0.15) is 0 Å². The molecule has 0 radical (unpaired) electrons. The van der Waals surface area contributed by atoms with Crippen LogP contribution in [0.5, 0.6) is 0 Å². The van der Waals surface area contributed by atoms with E-state index in [2.05, 4.69) is 113 Å². The number of carbonyl (C=O) groups excluding carboxylic acids is 1. The van der Waals surface area contributed by atoms with Crippen LogP contribution in [0.1, 0.15) is 98.0 Å². The van der Waals surface area contributed by atoms with Crippen LogP contribution in [-0.4, -0.2) is 54.3 Å². The van der Waals surface area contributed by atoms with Crippen LogP contribution in [0.2, 0.25) is 6.04 Å². The number of urea groups is 1. The number of nitrogens with one attached hydrogen (secondary N) is 2. The lowest BCUT2D eigenvalue weighted by Gasteiger charge is -2.34. The molecule has 2 N–H and O–H groups in total. The minimum atomic E-state index is -2.73. The molecule has 11 heteroatoms. The zero-order chi connectivity index (χ0) is 40.7. The maximum Gasteiger partial charge on any atom is 0.500 e. The number of benzene rings is 4. The number of nitrogens with zero attached hydrogens (tertiary/aromatic N) is 2. The SMILES string of the molecule is CCCCCCN1c2ccccc2Sc2cc(-c3ccc4c(c3)Sc3cc(CNC(=O)NCCC[Si](OCC)(OCC)OCC)ccc3N4CCCCCC)ccc21. The largest absolute Gasteiger partial charge is 0.500 e. The Morgan fingerprint density at radius 2 is 1.09 bits per heavy atom. The predicted molar refractivity (Wildman–Crippen MR) is 246 cm³/mol. The van der Waals surface area contributed by atoms with Gasteiger partial charge in [0.15, 0.2) is 0 Å². The van der Waals surface area contributed by atoms with Crippen LogP contribution in [0.4, 0.5) is 27.5 Å². The average Bonchev–Trinajstić information content (AvgIpc) is 3.23. The van der Waals surface area contributed by atoms with E-state index in [4.69, 9.17) is 13.3 Å². The Kier molecular flexibility index (Phi) is 16.9. The molecule has 8 nitrogen and oxygen atoms in total. The summed E-state index contributed by atoms with van der Waals surface area (Å²) in [4.78, 5) is 23.1. The molecule has 0 aromatic heterocycles. The fourth-order valence-electron chi connectivity index (χ4n) is 7.86. The second kappa shape index (κ2) is 22.2. The second-order valence-corrected chi connectivity index (χ2v) is 19.9. The third kappa shape index (κ3) is 11.2. The number of unbranched alkanes of at least 4 members (excludes halogenated alkanes) is 6. The van der Waals surface area contributed by atoms with Gasteiger partial charge in [-0.1, -0.05) is 106 Å². The first-order chi connectivity index (χ1) is 28.4. The lowest BCUT2D eigenvalue weighted by atomic mass is 10.0. The van der Waals surface area contributed by atoms with Crippen molar-refractivity contribution in [3.63, 3.8) is 0 Å². The Morgan fingerprint density at radius 1 is 0.569 bits per heavy atom. The number of anilines is 4. The molecule has 2 heterocycles. The van der Waals surface area contributed by atoms with E-state index in [1.54, 1.807) is 0 Å². The summed E-state index contributed by atoms with van der Waals surface area (Å²) in [5.74, 6) is 0. The van der Waals surface area contributed by atoms with Gasteiger partial charge >= 0.3 is 14.8 Å². The van der Waals surface area contributed by atoms with Crippen molar-refractivity contribution in [2.45, 2.75) is 125 Å². The summed E-state index contributed by atoms with van der Waals surface area (Å²) in [7, 11) is -2.73. The van der Waals surface area contributed by atoms with Crippen LogP contribution < -0.4 is 20.4 Å². The molecule has 0 aliphatic carbocycles. The summed E-state index contributed by atoms with van der Waals surface area (Å²) in [5.41, 5.74) is 8.70. The summed E-state index contributed by atoms with van der Waals surface area (Å²) in [5, 5.41) is 6.10. The number of carbonyl (C=O) groups is 1. The Bertz CT molecular complexity index is 1930. The molecule has 2 aliphatic rings. The van der Waals surface area contributed by atoms with Crippen molar-refractivity contribution in [1.82, 2.24) is 10.6 Å². The van der Waals surface area contributed by atoms with E-state index in [0.717, 1.165) is 31.5 Å². The monoisotopic (exact) mass is 840 g/mol. The highest BCUT2D eigenvalue weighted by Crippen LogP contribution is 2.52. The average molecular weight is 841 g/mol. The summed E-state index contributed by atoms with van der Waals surface area (Å²) in [6, 6.07) is 30.0. The molecule has 4 aromatic rings. The van der Waals surface area contributed by atoms with Gasteiger partial charge in [-0.15, -0.1) is 0 Å². The third-order valence-electron chi connectivity index (χ3n) is 10.7. The smallest absolute Gasteiger partial charge is 0.374 e. The predicted octanol–water partition coefficient (Wildman–Crippen LogP) is 13.0. The third-order valence-corrected chi connectivity index (χ3v) is 16.1. The summed E-state index contributed by atoms with van der Waals surface area (Å²) in [6.07, 6.45) is 10.5. The molecular weight excluding hydrogens is 777 g/mol. The number of rotatable bonds is 23. The molecule has 2 amide bonds. The molecule has 0 spiro atoms. The molecule has 312 valence electrons. The zero-order valence-electron chi connectivity index (χ0n) is 35.4. The summed E-state index contributed by atoms with van der Waals surface area (Å²) >= 11 is 3.72. The standard InChI is InChI=1S/C47H64N4O4S2Si/c1-6-11-13-17-29-50-39-20-15-16-21-43(39)56-45-33-37(23-26-41(45)50)38-24-27-42-46(34-38)57-44-32-36(22-25-40(44)51(42)30-18-14-12-7-2)35-49-47(52)48-28-19-31-58(53-8-3,54-9-4)55-10-5/h15-16,20-27,32-34H,6-14,17-19,28-31,35H2,1-5H3,(H2,48,49,52). The van der Waals surface area contributed by atoms with Crippen molar-refractivity contribution >= 4 is 61.1 Å². The summed E-state index contributed by atoms with van der Waals surface area (Å²) < 4.78 is 17.9. The van der Waals surface area contributed by atoms with Gasteiger partial charge in [0.2, 0.25) is 0 Å². The van der Waals surface area contributed by atoms with Crippen molar-refractivity contribution in [1.29, 1.82) is 0 Å². The van der Waals surface area contributed by atoms with Gasteiger partial charge < -0.3 is 33.7 Å². The molecule has 0 atom stereocenters. The molecule has 0 unspecified atom stereocenters. The number of para-hydroxylation sites is 1. The molecular formula is C47H64N4O4S2Si. The van der Waals surface area contributed by atoms with Gasteiger partial charge in [0.25, 0.3) is 0 Å². The van der Waals surface area contributed by atoms with Crippen molar-refractivity contribution < 1.29 is 18.1 Å². The molecule has 0 bridgehead atoms. The van der Waals surface area contributed by atoms with Crippen molar-refractivity contribution in [3.8, 4) is 11.1 Å². The number of fused-ring (bicyclic) bond motifs is 4. The molecule has 4 aromatic carbocycles. The van der Waals surface area contributed by atoms with Crippen LogP contribution >= 0.6 is 23.5 Å². The first kappa shape index (κ1) is 44.1. The van der Waals surface area contributed by atoms with Gasteiger partial charge in [-0.25, -0.2) is 4.79 Å². The topological polar surface area (TPSA) is 75.3 Å². The van der Waals surface area contributed by atoms with Crippen LogP contribution in [0.3, 0.4) is 0 Å². The van der Waals surface area contributed by atoms with E-state index < -0.39 is 8.80 Å². The fourth-order valence-corrected chi connectivity index (χ4v) is 12.8. The Hall–Kier alpha value is -3.45. The van der Waals surface area contributed by atoms with E-state index in [1.807, 2.05) is 44.3 Å². The van der Waals surface area contributed by atoms with E-state index in [0.29, 0.717) is 39.0 Å². The number of amides is 2. The molecule has 2 aliphatic heterocycles. The maximum atomic E-state index is 12.9. The minimum Gasteiger partial charge on any atom is -0.374 e. The van der Waals surface area contributed by atoms with E-state index in [1.165, 1.54) is 98.4 Å². The van der Waals surface area contributed by atoms with Crippen molar-refractivity contribution in [2.75, 3.05) is 49.3 Å². The Morgan fingerprint density at radius 3 is 1.66 bits per heavy atom. The molecule has 6 rings (SSSR count). The summed E-state index contributed by atoms with van der Waals surface area (Å²) in [6.45, 7) is 15.0. The van der Waals surface area contributed by atoms with E-state index in [9.17, 15) is 4.79 Å². The van der Waals surface area contributed by atoms with Gasteiger partial charge in [0, 0.05) is 71.6 Å². The van der Waals surface area contributed by atoms with Crippen molar-refractivity contribution in [3.05, 3.63) is 84.4 Å². The van der Waals surface area contributed by atoms with Gasteiger partial charge in [-0.2, -0.15) is 0 Å². The molecule has 0 fully saturated rings. The van der Waals surface area contributed by atoms with Crippen LogP contribution in [0.25, 0.3) is 11.1 Å². The highest BCUT2D eigenvalue weighted by molar-refractivity contribution is 8.00.